The lowest BCUT2D eigenvalue weighted by molar-refractivity contribution is -0.142. The van der Waals surface area contributed by atoms with Gasteiger partial charge in [0.1, 0.15) is 17.5 Å². The van der Waals surface area contributed by atoms with Gasteiger partial charge in [0.15, 0.2) is 6.61 Å². The Kier molecular flexibility index (Phi) is 8.31. The van der Waals surface area contributed by atoms with Crippen LogP contribution in [0.25, 0.3) is 0 Å². The van der Waals surface area contributed by atoms with E-state index >= 15 is 0 Å². The lowest BCUT2D eigenvalue weighted by atomic mass is 10.1. The molecule has 0 fully saturated rings. The van der Waals surface area contributed by atoms with Crippen LogP contribution in [0.3, 0.4) is 0 Å². The number of rotatable bonds is 8. The number of carbonyl (C=O) groups is 2. The van der Waals surface area contributed by atoms with Crippen LogP contribution in [0.4, 0.5) is 0 Å². The quantitative estimate of drug-likeness (QED) is 0.663. The van der Waals surface area contributed by atoms with Gasteiger partial charge in [-0.15, -0.1) is 0 Å². The molecule has 1 N–H and O–H groups in total. The molecule has 0 aromatic heterocycles. The first-order chi connectivity index (χ1) is 14.9. The fourth-order valence-electron chi connectivity index (χ4n) is 3.40. The van der Waals surface area contributed by atoms with Crippen molar-refractivity contribution < 1.29 is 19.1 Å². The van der Waals surface area contributed by atoms with Crippen molar-refractivity contribution in [3.63, 3.8) is 0 Å². The molecule has 1 atom stereocenters. The minimum Gasteiger partial charge on any atom is -0.497 e. The Labute approximate surface area is 191 Å². The van der Waals surface area contributed by atoms with Gasteiger partial charge in [0.05, 0.1) is 7.11 Å². The number of aryl methyl sites for hydroxylation is 2. The van der Waals surface area contributed by atoms with Gasteiger partial charge in [-0.1, -0.05) is 18.2 Å². The van der Waals surface area contributed by atoms with Gasteiger partial charge in [0, 0.05) is 12.1 Å². The highest BCUT2D eigenvalue weighted by Crippen LogP contribution is 2.24. The fraction of sp³-hybridized carbons (Fsp3) is 0.462. The zero-order valence-corrected chi connectivity index (χ0v) is 20.5. The molecule has 2 aromatic carbocycles. The van der Waals surface area contributed by atoms with Crippen LogP contribution in [0, 0.1) is 20.8 Å². The van der Waals surface area contributed by atoms with E-state index < -0.39 is 11.6 Å². The van der Waals surface area contributed by atoms with Gasteiger partial charge in [-0.2, -0.15) is 0 Å². The number of ether oxygens (including phenoxy) is 2. The number of nitrogens with one attached hydrogen (secondary N) is 1. The molecule has 32 heavy (non-hydrogen) atoms. The summed E-state index contributed by atoms with van der Waals surface area (Å²) in [6.45, 7) is 13.6. The summed E-state index contributed by atoms with van der Waals surface area (Å²) in [5.41, 5.74) is 3.65. The molecule has 0 aliphatic carbocycles. The summed E-state index contributed by atoms with van der Waals surface area (Å²) < 4.78 is 11.2. The Bertz CT molecular complexity index is 963. The summed E-state index contributed by atoms with van der Waals surface area (Å²) >= 11 is 0. The summed E-state index contributed by atoms with van der Waals surface area (Å²) in [6, 6.07) is 10.8. The molecule has 0 saturated carbocycles. The number of nitrogens with zero attached hydrogens (tertiary/aromatic N) is 1. The molecule has 0 unspecified atom stereocenters. The summed E-state index contributed by atoms with van der Waals surface area (Å²) in [7, 11) is 1.60. The molecule has 2 amide bonds. The maximum absolute atomic E-state index is 13.3. The van der Waals surface area contributed by atoms with Gasteiger partial charge in [0.2, 0.25) is 5.91 Å². The molecule has 6 nitrogen and oxygen atoms in total. The second-order valence-corrected chi connectivity index (χ2v) is 9.28. The minimum absolute atomic E-state index is 0.152. The van der Waals surface area contributed by atoms with Gasteiger partial charge in [-0.3, -0.25) is 9.59 Å². The molecule has 2 aromatic rings. The highest BCUT2D eigenvalue weighted by Gasteiger charge is 2.29. The molecule has 0 aliphatic heterocycles. The standard InChI is InChI=1S/C26H36N2O4/c1-17-12-18(2)19(3)23(13-17)32-16-24(29)28(20(4)25(30)27-26(5,6)7)15-21-10-9-11-22(14-21)31-8/h9-14,20H,15-16H2,1-8H3,(H,27,30)/t20-/m0/s1. The Hall–Kier alpha value is -3.02. The van der Waals surface area contributed by atoms with Crippen molar-refractivity contribution in [3.8, 4) is 11.5 Å². The Morgan fingerprint density at radius 3 is 2.41 bits per heavy atom. The predicted octanol–water partition coefficient (Wildman–Crippen LogP) is 4.33. The predicted molar refractivity (Wildman–Crippen MR) is 127 cm³/mol. The Balaban J connectivity index is 2.26. The average Bonchev–Trinajstić information content (AvgIpc) is 2.71. The van der Waals surface area contributed by atoms with Gasteiger partial charge in [0.25, 0.3) is 5.91 Å². The molecule has 174 valence electrons. The molecule has 0 bridgehead atoms. The molecular formula is C26H36N2O4. The van der Waals surface area contributed by atoms with Crippen molar-refractivity contribution in [2.24, 2.45) is 0 Å². The second-order valence-electron chi connectivity index (χ2n) is 9.28. The number of carbonyl (C=O) groups excluding carboxylic acids is 2. The normalized spacial score (nSPS) is 12.1. The number of hydrogen-bond donors (Lipinski definition) is 1. The van der Waals surface area contributed by atoms with Crippen molar-refractivity contribution in [2.45, 2.75) is 66.6 Å². The van der Waals surface area contributed by atoms with Crippen molar-refractivity contribution in [1.29, 1.82) is 0 Å². The monoisotopic (exact) mass is 440 g/mol. The number of methoxy groups -OCH3 is 1. The lowest BCUT2D eigenvalue weighted by Crippen LogP contribution is -2.53. The van der Waals surface area contributed by atoms with E-state index in [9.17, 15) is 9.59 Å². The molecule has 0 saturated heterocycles. The van der Waals surface area contributed by atoms with E-state index in [2.05, 4.69) is 11.4 Å². The van der Waals surface area contributed by atoms with Crippen LogP contribution in [0.1, 0.15) is 49.9 Å². The highest BCUT2D eigenvalue weighted by atomic mass is 16.5. The van der Waals surface area contributed by atoms with Crippen molar-refractivity contribution in [3.05, 3.63) is 58.7 Å². The van der Waals surface area contributed by atoms with Gasteiger partial charge >= 0.3 is 0 Å². The first-order valence-corrected chi connectivity index (χ1v) is 10.9. The first-order valence-electron chi connectivity index (χ1n) is 10.9. The van der Waals surface area contributed by atoms with Gasteiger partial charge in [-0.05, 0) is 88.9 Å². The smallest absolute Gasteiger partial charge is 0.261 e. The second kappa shape index (κ2) is 10.5. The van der Waals surface area contributed by atoms with Crippen molar-refractivity contribution >= 4 is 11.8 Å². The van der Waals surface area contributed by atoms with Gasteiger partial charge in [-0.25, -0.2) is 0 Å². The lowest BCUT2D eigenvalue weighted by Gasteiger charge is -2.31. The van der Waals surface area contributed by atoms with Crippen LogP contribution in [0.2, 0.25) is 0 Å². The third-order valence-electron chi connectivity index (χ3n) is 5.27. The van der Waals surface area contributed by atoms with E-state index in [1.165, 1.54) is 0 Å². The van der Waals surface area contributed by atoms with Crippen LogP contribution in [-0.4, -0.2) is 42.0 Å². The van der Waals surface area contributed by atoms with E-state index in [4.69, 9.17) is 9.47 Å². The summed E-state index contributed by atoms with van der Waals surface area (Å²) in [4.78, 5) is 27.7. The Morgan fingerprint density at radius 2 is 1.78 bits per heavy atom. The number of benzene rings is 2. The summed E-state index contributed by atoms with van der Waals surface area (Å²) in [5, 5.41) is 2.96. The molecular weight excluding hydrogens is 404 g/mol. The van der Waals surface area contributed by atoms with Crippen LogP contribution in [0.15, 0.2) is 36.4 Å². The molecule has 0 heterocycles. The topological polar surface area (TPSA) is 67.9 Å². The third-order valence-corrected chi connectivity index (χ3v) is 5.27. The van der Waals surface area contributed by atoms with Crippen LogP contribution in [-0.2, 0) is 16.1 Å². The van der Waals surface area contributed by atoms with Crippen molar-refractivity contribution in [1.82, 2.24) is 10.2 Å². The van der Waals surface area contributed by atoms with Crippen LogP contribution < -0.4 is 14.8 Å². The highest BCUT2D eigenvalue weighted by molar-refractivity contribution is 5.88. The summed E-state index contributed by atoms with van der Waals surface area (Å²) in [6.07, 6.45) is 0. The van der Waals surface area contributed by atoms with E-state index in [-0.39, 0.29) is 25.0 Å². The minimum atomic E-state index is -0.670. The van der Waals surface area contributed by atoms with Crippen LogP contribution >= 0.6 is 0 Å². The maximum atomic E-state index is 13.3. The van der Waals surface area contributed by atoms with E-state index in [0.29, 0.717) is 11.5 Å². The molecule has 0 radical (unpaired) electrons. The Morgan fingerprint density at radius 1 is 1.09 bits per heavy atom. The molecule has 6 heteroatoms. The zero-order chi connectivity index (χ0) is 24.1. The van der Waals surface area contributed by atoms with E-state index in [1.807, 2.05) is 71.9 Å². The number of amides is 2. The molecule has 0 spiro atoms. The molecule has 2 rings (SSSR count). The van der Waals surface area contributed by atoms with E-state index in [0.717, 1.165) is 22.3 Å². The summed E-state index contributed by atoms with van der Waals surface area (Å²) in [5.74, 6) is 0.909. The maximum Gasteiger partial charge on any atom is 0.261 e. The third kappa shape index (κ3) is 7.01. The van der Waals surface area contributed by atoms with E-state index in [1.54, 1.807) is 18.9 Å². The zero-order valence-electron chi connectivity index (χ0n) is 20.5. The first kappa shape index (κ1) is 25.2. The van der Waals surface area contributed by atoms with Crippen LogP contribution in [0.5, 0.6) is 11.5 Å². The van der Waals surface area contributed by atoms with Gasteiger partial charge < -0.3 is 19.7 Å². The molecule has 0 aliphatic rings. The SMILES string of the molecule is COc1cccc(CN(C(=O)COc2cc(C)cc(C)c2C)[C@@H](C)C(=O)NC(C)(C)C)c1. The largest absolute Gasteiger partial charge is 0.497 e. The fourth-order valence-corrected chi connectivity index (χ4v) is 3.40. The number of hydrogen-bond acceptors (Lipinski definition) is 4. The average molecular weight is 441 g/mol. The van der Waals surface area contributed by atoms with Crippen molar-refractivity contribution in [2.75, 3.05) is 13.7 Å².